The molecule has 0 radical (unpaired) electrons. The van der Waals surface area contributed by atoms with E-state index in [1.807, 2.05) is 0 Å². The molecule has 80 valence electrons. The van der Waals surface area contributed by atoms with Gasteiger partial charge in [0.25, 0.3) is 0 Å². The first-order valence-corrected chi connectivity index (χ1v) is 4.17. The van der Waals surface area contributed by atoms with Gasteiger partial charge in [0.1, 0.15) is 0 Å². The summed E-state index contributed by atoms with van der Waals surface area (Å²) in [6, 6.07) is -1.96. The first-order chi connectivity index (χ1) is 6.36. The lowest BCUT2D eigenvalue weighted by Crippen LogP contribution is -2.43. The van der Waals surface area contributed by atoms with Crippen LogP contribution >= 0.6 is 0 Å². The van der Waals surface area contributed by atoms with Gasteiger partial charge in [0.15, 0.2) is 0 Å². The number of carboxylic acid groups (broad SMARTS) is 1. The highest BCUT2D eigenvalue weighted by Crippen LogP contribution is 1.98. The van der Waals surface area contributed by atoms with Gasteiger partial charge in [0, 0.05) is 6.42 Å². The molecule has 0 heterocycles. The molecule has 0 fully saturated rings. The van der Waals surface area contributed by atoms with E-state index in [9.17, 15) is 14.4 Å². The van der Waals surface area contributed by atoms with Crippen molar-refractivity contribution in [1.29, 1.82) is 0 Å². The van der Waals surface area contributed by atoms with Gasteiger partial charge in [0.2, 0.25) is 11.6 Å². The van der Waals surface area contributed by atoms with Gasteiger partial charge >= 0.3 is 5.97 Å². The van der Waals surface area contributed by atoms with Crippen LogP contribution in [0.2, 0.25) is 0 Å². The van der Waals surface area contributed by atoms with Crippen LogP contribution in [0, 0.1) is 0 Å². The fraction of sp³-hybridized carbons (Fsp3) is 0.625. The Morgan fingerprint density at radius 2 is 1.71 bits per heavy atom. The number of ketones is 2. The molecule has 2 atom stereocenters. The van der Waals surface area contributed by atoms with E-state index >= 15 is 0 Å². The molecule has 0 unspecified atom stereocenters. The molecule has 5 N–H and O–H groups in total. The Bertz CT molecular complexity index is 250. The predicted molar refractivity (Wildman–Crippen MR) is 48.5 cm³/mol. The number of nitrogens with two attached hydrogens (primary N) is 2. The summed E-state index contributed by atoms with van der Waals surface area (Å²) in [4.78, 5) is 32.3. The van der Waals surface area contributed by atoms with Crippen molar-refractivity contribution >= 4 is 17.5 Å². The summed E-state index contributed by atoms with van der Waals surface area (Å²) in [5, 5.41) is 8.32. The number of hydrogen-bond donors (Lipinski definition) is 3. The zero-order chi connectivity index (χ0) is 11.3. The molecule has 0 aromatic carbocycles. The van der Waals surface area contributed by atoms with Crippen LogP contribution in [0.1, 0.15) is 19.8 Å². The van der Waals surface area contributed by atoms with Crippen molar-refractivity contribution < 1.29 is 19.5 Å². The highest BCUT2D eigenvalue weighted by molar-refractivity contribution is 6.40. The van der Waals surface area contributed by atoms with E-state index in [0.717, 1.165) is 0 Å². The predicted octanol–water partition coefficient (Wildman–Crippen LogP) is -1.34. The van der Waals surface area contributed by atoms with E-state index < -0.39 is 29.6 Å². The molecule has 0 saturated carbocycles. The highest BCUT2D eigenvalue weighted by Gasteiger charge is 2.24. The quantitative estimate of drug-likeness (QED) is 0.458. The third kappa shape index (κ3) is 4.11. The average molecular weight is 202 g/mol. The largest absolute Gasteiger partial charge is 0.481 e. The van der Waals surface area contributed by atoms with Crippen LogP contribution in [-0.4, -0.2) is 34.7 Å². The maximum atomic E-state index is 11.1. The number of aliphatic carboxylic acids is 1. The molecular weight excluding hydrogens is 188 g/mol. The molecule has 14 heavy (non-hydrogen) atoms. The summed E-state index contributed by atoms with van der Waals surface area (Å²) < 4.78 is 0. The zero-order valence-electron chi connectivity index (χ0n) is 7.90. The molecule has 0 saturated heterocycles. The maximum Gasteiger partial charge on any atom is 0.303 e. The number of carbonyl (C=O) groups is 3. The first kappa shape index (κ1) is 12.7. The Kier molecular flexibility index (Phi) is 4.96. The molecule has 6 heteroatoms. The number of rotatable bonds is 6. The summed E-state index contributed by atoms with van der Waals surface area (Å²) in [7, 11) is 0. The highest BCUT2D eigenvalue weighted by atomic mass is 16.4. The molecule has 0 aliphatic rings. The lowest BCUT2D eigenvalue weighted by Gasteiger charge is -2.09. The van der Waals surface area contributed by atoms with E-state index in [1.165, 1.54) is 6.92 Å². The molecule has 0 amide bonds. The SMILES string of the molecule is C[C@H](N)C(=O)C(=O)[C@H](N)CCC(=O)O. The zero-order valence-corrected chi connectivity index (χ0v) is 7.90. The fourth-order valence-corrected chi connectivity index (χ4v) is 0.817. The van der Waals surface area contributed by atoms with Crippen LogP contribution in [0.3, 0.4) is 0 Å². The normalized spacial score (nSPS) is 14.5. The molecule has 0 rings (SSSR count). The van der Waals surface area contributed by atoms with Crippen molar-refractivity contribution in [2.75, 3.05) is 0 Å². The van der Waals surface area contributed by atoms with Crippen LogP contribution in [-0.2, 0) is 14.4 Å². The van der Waals surface area contributed by atoms with E-state index in [0.29, 0.717) is 0 Å². The standard InChI is InChI=1S/C8H14N2O4/c1-4(9)7(13)8(14)5(10)2-3-6(11)12/h4-5H,2-3,9-10H2,1H3,(H,11,12)/t4-,5+/m0/s1. The van der Waals surface area contributed by atoms with E-state index in [-0.39, 0.29) is 12.8 Å². The molecular formula is C8H14N2O4. The van der Waals surface area contributed by atoms with E-state index in [2.05, 4.69) is 0 Å². The second-order valence-corrected chi connectivity index (χ2v) is 3.06. The number of hydrogen-bond acceptors (Lipinski definition) is 5. The van der Waals surface area contributed by atoms with Crippen molar-refractivity contribution in [2.45, 2.75) is 31.8 Å². The molecule has 6 nitrogen and oxygen atoms in total. The Morgan fingerprint density at radius 3 is 2.07 bits per heavy atom. The molecule has 0 aromatic heterocycles. The van der Waals surface area contributed by atoms with Gasteiger partial charge in [-0.15, -0.1) is 0 Å². The molecule has 0 aliphatic carbocycles. The number of Topliss-reactive ketones (excluding diaryl/α,β-unsaturated/α-hetero) is 2. The third-order valence-corrected chi connectivity index (χ3v) is 1.66. The lowest BCUT2D eigenvalue weighted by molar-refractivity contribution is -0.139. The van der Waals surface area contributed by atoms with Gasteiger partial charge in [-0.2, -0.15) is 0 Å². The van der Waals surface area contributed by atoms with Crippen LogP contribution in [0.5, 0.6) is 0 Å². The molecule has 0 bridgehead atoms. The van der Waals surface area contributed by atoms with Gasteiger partial charge in [-0.3, -0.25) is 14.4 Å². The minimum Gasteiger partial charge on any atom is -0.481 e. The first-order valence-electron chi connectivity index (χ1n) is 4.17. The summed E-state index contributed by atoms with van der Waals surface area (Å²) in [5.74, 6) is -2.62. The van der Waals surface area contributed by atoms with Crippen molar-refractivity contribution in [3.05, 3.63) is 0 Å². The van der Waals surface area contributed by atoms with Gasteiger partial charge in [-0.25, -0.2) is 0 Å². The van der Waals surface area contributed by atoms with Crippen LogP contribution in [0.4, 0.5) is 0 Å². The van der Waals surface area contributed by atoms with Crippen LogP contribution in [0.25, 0.3) is 0 Å². The van der Waals surface area contributed by atoms with Crippen molar-refractivity contribution in [2.24, 2.45) is 11.5 Å². The minimum absolute atomic E-state index is 0.0490. The lowest BCUT2D eigenvalue weighted by atomic mass is 10.0. The van der Waals surface area contributed by atoms with Crippen molar-refractivity contribution in [3.8, 4) is 0 Å². The summed E-state index contributed by atoms with van der Waals surface area (Å²) in [5.41, 5.74) is 10.5. The number of carboxylic acids is 1. The topological polar surface area (TPSA) is 123 Å². The van der Waals surface area contributed by atoms with Gasteiger partial charge in [-0.1, -0.05) is 0 Å². The fourth-order valence-electron chi connectivity index (χ4n) is 0.817. The Labute approximate surface area is 81.3 Å². The van der Waals surface area contributed by atoms with Crippen LogP contribution < -0.4 is 11.5 Å². The Balaban J connectivity index is 4.12. The van der Waals surface area contributed by atoms with Gasteiger partial charge in [0.05, 0.1) is 12.1 Å². The van der Waals surface area contributed by atoms with Gasteiger partial charge < -0.3 is 16.6 Å². The molecule has 0 spiro atoms. The summed E-state index contributed by atoms with van der Waals surface area (Å²) >= 11 is 0. The minimum atomic E-state index is -1.07. The van der Waals surface area contributed by atoms with Crippen LogP contribution in [0.15, 0.2) is 0 Å². The second kappa shape index (κ2) is 5.46. The third-order valence-electron chi connectivity index (χ3n) is 1.66. The summed E-state index contributed by atoms with van der Waals surface area (Å²) in [6.07, 6.45) is -0.286. The monoisotopic (exact) mass is 202 g/mol. The smallest absolute Gasteiger partial charge is 0.303 e. The Hall–Kier alpha value is -1.27. The maximum absolute atomic E-state index is 11.1. The average Bonchev–Trinajstić information content (AvgIpc) is 2.11. The van der Waals surface area contributed by atoms with Gasteiger partial charge in [-0.05, 0) is 13.3 Å². The van der Waals surface area contributed by atoms with Crippen molar-refractivity contribution in [1.82, 2.24) is 0 Å². The second-order valence-electron chi connectivity index (χ2n) is 3.06. The van der Waals surface area contributed by atoms with Crippen molar-refractivity contribution in [3.63, 3.8) is 0 Å². The molecule has 0 aliphatic heterocycles. The molecule has 0 aromatic rings. The Morgan fingerprint density at radius 1 is 1.21 bits per heavy atom. The summed E-state index contributed by atoms with van der Waals surface area (Å²) in [6.45, 7) is 1.38. The van der Waals surface area contributed by atoms with E-state index in [1.54, 1.807) is 0 Å². The van der Waals surface area contributed by atoms with E-state index in [4.69, 9.17) is 16.6 Å². The number of carbonyl (C=O) groups excluding carboxylic acids is 2.